The number of carbonyl (C=O) groups excluding carboxylic acids is 1. The van der Waals surface area contributed by atoms with Crippen LogP contribution >= 0.6 is 27.5 Å². The van der Waals surface area contributed by atoms with Crippen molar-refractivity contribution in [3.05, 3.63) is 21.1 Å². The molecule has 2 atom stereocenters. The first-order valence-corrected chi connectivity index (χ1v) is 11.2. The first-order valence-electron chi connectivity index (χ1n) is 10.0. The zero-order chi connectivity index (χ0) is 20.8. The van der Waals surface area contributed by atoms with Crippen molar-refractivity contribution in [2.24, 2.45) is 5.92 Å². The summed E-state index contributed by atoms with van der Waals surface area (Å²) in [7, 11) is 3.69. The van der Waals surface area contributed by atoms with Crippen molar-refractivity contribution in [1.29, 1.82) is 0 Å². The lowest BCUT2D eigenvalue weighted by atomic mass is 9.93. The van der Waals surface area contributed by atoms with Crippen molar-refractivity contribution in [2.75, 3.05) is 60.1 Å². The Morgan fingerprint density at radius 3 is 2.86 bits per heavy atom. The zero-order valence-electron chi connectivity index (χ0n) is 16.9. The Hall–Kier alpha value is -1.06. The summed E-state index contributed by atoms with van der Waals surface area (Å²) >= 11 is 9.74. The molecule has 1 fully saturated rings. The first-order chi connectivity index (χ1) is 14.0. The molecule has 9 heteroatoms. The number of fused-ring (bicyclic) bond motifs is 1. The number of nitrogens with zero attached hydrogens (tertiary/aromatic N) is 1. The molecule has 0 aliphatic carbocycles. The summed E-state index contributed by atoms with van der Waals surface area (Å²) in [6, 6.07) is 1.63. The third kappa shape index (κ3) is 5.55. The highest BCUT2D eigenvalue weighted by molar-refractivity contribution is 9.10. The van der Waals surface area contributed by atoms with Gasteiger partial charge in [0.05, 0.1) is 34.4 Å². The van der Waals surface area contributed by atoms with Gasteiger partial charge in [0.25, 0.3) is 5.91 Å². The molecule has 1 aromatic carbocycles. The molecule has 2 N–H and O–H groups in total. The molecule has 2 heterocycles. The van der Waals surface area contributed by atoms with Gasteiger partial charge in [-0.1, -0.05) is 11.6 Å². The normalized spacial score (nSPS) is 22.2. The van der Waals surface area contributed by atoms with Crippen LogP contribution in [-0.4, -0.2) is 77.0 Å². The highest BCUT2D eigenvalue weighted by atomic mass is 79.9. The van der Waals surface area contributed by atoms with E-state index in [2.05, 4.69) is 31.5 Å². The lowest BCUT2D eigenvalue weighted by Gasteiger charge is -2.37. The predicted octanol–water partition coefficient (Wildman–Crippen LogP) is 2.55. The smallest absolute Gasteiger partial charge is 0.255 e. The Bertz CT molecular complexity index is 721. The lowest BCUT2D eigenvalue weighted by molar-refractivity contribution is -0.00980. The highest BCUT2D eigenvalue weighted by Crippen LogP contribution is 2.44. The van der Waals surface area contributed by atoms with Gasteiger partial charge in [-0.2, -0.15) is 0 Å². The van der Waals surface area contributed by atoms with E-state index in [0.717, 1.165) is 39.0 Å². The topological polar surface area (TPSA) is 72.1 Å². The van der Waals surface area contributed by atoms with E-state index in [-0.39, 0.29) is 17.9 Å². The third-order valence-corrected chi connectivity index (χ3v) is 6.76. The van der Waals surface area contributed by atoms with Gasteiger partial charge in [-0.05, 0) is 42.0 Å². The van der Waals surface area contributed by atoms with Crippen LogP contribution in [0.25, 0.3) is 0 Å². The standard InChI is InChI=1S/C20H29BrClN3O4/c1-23-5-7-25-6-4-13(16(12-25)27-2)11-24-20(26)14-10-15(22)17(21)19-18(14)28-8-3-9-29-19/h10,13,16,23H,3-9,11-12H2,1-2H3,(H,24,26)/t13-,16+/m0/s1. The van der Waals surface area contributed by atoms with Gasteiger partial charge < -0.3 is 24.8 Å². The molecule has 0 radical (unpaired) electrons. The van der Waals surface area contributed by atoms with Gasteiger partial charge in [0, 0.05) is 45.6 Å². The van der Waals surface area contributed by atoms with E-state index < -0.39 is 0 Å². The molecule has 0 bridgehead atoms. The fraction of sp³-hybridized carbons (Fsp3) is 0.650. The second-order valence-electron chi connectivity index (χ2n) is 7.37. The summed E-state index contributed by atoms with van der Waals surface area (Å²) in [6.45, 7) is 5.38. The average Bonchev–Trinajstić information content (AvgIpc) is 2.99. The average molecular weight is 491 g/mol. The van der Waals surface area contributed by atoms with Crippen LogP contribution in [0.5, 0.6) is 11.5 Å². The molecule has 162 valence electrons. The fourth-order valence-corrected chi connectivity index (χ4v) is 4.36. The Balaban J connectivity index is 1.66. The monoisotopic (exact) mass is 489 g/mol. The summed E-state index contributed by atoms with van der Waals surface area (Å²) in [6.07, 6.45) is 1.81. The summed E-state index contributed by atoms with van der Waals surface area (Å²) in [5.74, 6) is 0.985. The summed E-state index contributed by atoms with van der Waals surface area (Å²) in [5.41, 5.74) is 0.399. The number of likely N-dealkylation sites (tertiary alicyclic amines) is 1. The maximum Gasteiger partial charge on any atom is 0.255 e. The molecule has 1 amide bonds. The number of rotatable bonds is 7. The van der Waals surface area contributed by atoms with Gasteiger partial charge >= 0.3 is 0 Å². The van der Waals surface area contributed by atoms with Gasteiger partial charge in [0.2, 0.25) is 0 Å². The van der Waals surface area contributed by atoms with Crippen LogP contribution in [0.1, 0.15) is 23.2 Å². The molecule has 0 unspecified atom stereocenters. The number of carbonyl (C=O) groups is 1. The van der Waals surface area contributed by atoms with Gasteiger partial charge in [-0.25, -0.2) is 0 Å². The highest BCUT2D eigenvalue weighted by Gasteiger charge is 2.30. The maximum absolute atomic E-state index is 13.0. The van der Waals surface area contributed by atoms with E-state index in [0.29, 0.717) is 46.3 Å². The molecule has 2 aliphatic heterocycles. The van der Waals surface area contributed by atoms with E-state index >= 15 is 0 Å². The van der Waals surface area contributed by atoms with Crippen LogP contribution in [-0.2, 0) is 4.74 Å². The second-order valence-corrected chi connectivity index (χ2v) is 8.57. The Morgan fingerprint density at radius 2 is 2.14 bits per heavy atom. The summed E-state index contributed by atoms with van der Waals surface area (Å²) in [4.78, 5) is 15.3. The number of hydrogen-bond acceptors (Lipinski definition) is 6. The molecule has 0 saturated carbocycles. The number of ether oxygens (including phenoxy) is 3. The number of nitrogens with one attached hydrogen (secondary N) is 2. The van der Waals surface area contributed by atoms with E-state index in [4.69, 9.17) is 25.8 Å². The van der Waals surface area contributed by atoms with Crippen molar-refractivity contribution < 1.29 is 19.0 Å². The number of likely N-dealkylation sites (N-methyl/N-ethyl adjacent to an activating group) is 1. The molecular formula is C20H29BrClN3O4. The maximum atomic E-state index is 13.0. The van der Waals surface area contributed by atoms with Crippen molar-refractivity contribution >= 4 is 33.4 Å². The minimum absolute atomic E-state index is 0.0890. The van der Waals surface area contributed by atoms with Crippen LogP contribution < -0.4 is 20.1 Å². The van der Waals surface area contributed by atoms with Crippen LogP contribution in [0.2, 0.25) is 5.02 Å². The van der Waals surface area contributed by atoms with Gasteiger partial charge in [-0.3, -0.25) is 9.69 Å². The molecule has 1 aromatic rings. The summed E-state index contributed by atoms with van der Waals surface area (Å²) in [5, 5.41) is 6.65. The number of amides is 1. The summed E-state index contributed by atoms with van der Waals surface area (Å²) < 4.78 is 17.9. The van der Waals surface area contributed by atoms with Crippen LogP contribution in [0, 0.1) is 5.92 Å². The number of piperidine rings is 1. The fourth-order valence-electron chi connectivity index (χ4n) is 3.76. The minimum Gasteiger partial charge on any atom is -0.489 e. The van der Waals surface area contributed by atoms with E-state index in [9.17, 15) is 4.79 Å². The van der Waals surface area contributed by atoms with Crippen molar-refractivity contribution in [3.63, 3.8) is 0 Å². The minimum atomic E-state index is -0.214. The predicted molar refractivity (Wildman–Crippen MR) is 116 cm³/mol. The molecular weight excluding hydrogens is 462 g/mol. The second kappa shape index (κ2) is 10.8. The third-order valence-electron chi connectivity index (χ3n) is 5.44. The van der Waals surface area contributed by atoms with Crippen molar-refractivity contribution in [2.45, 2.75) is 18.9 Å². The van der Waals surface area contributed by atoms with Crippen LogP contribution in [0.4, 0.5) is 0 Å². The number of hydrogen-bond donors (Lipinski definition) is 2. The number of methoxy groups -OCH3 is 1. The van der Waals surface area contributed by atoms with Crippen LogP contribution in [0.3, 0.4) is 0 Å². The van der Waals surface area contributed by atoms with Crippen molar-refractivity contribution in [1.82, 2.24) is 15.5 Å². The lowest BCUT2D eigenvalue weighted by Crippen LogP contribution is -2.49. The van der Waals surface area contributed by atoms with E-state index in [1.54, 1.807) is 13.2 Å². The van der Waals surface area contributed by atoms with Gasteiger partial charge in [-0.15, -0.1) is 0 Å². The SMILES string of the molecule is CNCCN1CC[C@@H](CNC(=O)c2cc(Cl)c(Br)c3c2OCCCO3)[C@H](OC)C1. The van der Waals surface area contributed by atoms with E-state index in [1.165, 1.54) is 0 Å². The van der Waals surface area contributed by atoms with Crippen LogP contribution in [0.15, 0.2) is 10.5 Å². The molecule has 2 aliphatic rings. The molecule has 0 aromatic heterocycles. The molecule has 29 heavy (non-hydrogen) atoms. The zero-order valence-corrected chi connectivity index (χ0v) is 19.3. The molecule has 7 nitrogen and oxygen atoms in total. The number of halogens is 2. The van der Waals surface area contributed by atoms with Gasteiger partial charge in [0.15, 0.2) is 11.5 Å². The molecule has 0 spiro atoms. The number of benzene rings is 1. The van der Waals surface area contributed by atoms with Crippen molar-refractivity contribution in [3.8, 4) is 11.5 Å². The van der Waals surface area contributed by atoms with Gasteiger partial charge in [0.1, 0.15) is 0 Å². The Morgan fingerprint density at radius 1 is 1.38 bits per heavy atom. The molecule has 1 saturated heterocycles. The Labute approximate surface area is 185 Å². The quantitative estimate of drug-likeness (QED) is 0.612. The first kappa shape index (κ1) is 22.6. The Kier molecular flexibility index (Phi) is 8.44. The largest absolute Gasteiger partial charge is 0.489 e. The van der Waals surface area contributed by atoms with E-state index in [1.807, 2.05) is 7.05 Å². The molecule has 3 rings (SSSR count).